The van der Waals surface area contributed by atoms with Gasteiger partial charge in [-0.05, 0) is 36.4 Å². The summed E-state index contributed by atoms with van der Waals surface area (Å²) in [4.78, 5) is 33.4. The van der Waals surface area contributed by atoms with E-state index < -0.39 is 10.0 Å². The molecule has 0 aliphatic carbocycles. The summed E-state index contributed by atoms with van der Waals surface area (Å²) in [6, 6.07) is 11.2. The number of ether oxygens (including phenoxy) is 1. The number of thiophene rings is 1. The second kappa shape index (κ2) is 13.6. The lowest BCUT2D eigenvalue weighted by molar-refractivity contribution is 0.122. The summed E-state index contributed by atoms with van der Waals surface area (Å²) in [7, 11) is -1.33. The van der Waals surface area contributed by atoms with Crippen molar-refractivity contribution in [2.45, 2.75) is 13.1 Å². The van der Waals surface area contributed by atoms with Gasteiger partial charge in [0.15, 0.2) is 11.6 Å². The minimum Gasteiger partial charge on any atom is -0.378 e. The van der Waals surface area contributed by atoms with Gasteiger partial charge in [-0.3, -0.25) is 9.58 Å². The Labute approximate surface area is 266 Å². The summed E-state index contributed by atoms with van der Waals surface area (Å²) < 4.78 is 32.5. The Bertz CT molecular complexity index is 1730. The summed E-state index contributed by atoms with van der Waals surface area (Å²) in [5.41, 5.74) is 2.36. The van der Waals surface area contributed by atoms with Crippen molar-refractivity contribution in [3.8, 4) is 22.1 Å². The van der Waals surface area contributed by atoms with E-state index in [-0.39, 0.29) is 6.03 Å². The average Bonchev–Trinajstić information content (AvgIpc) is 3.69. The highest BCUT2D eigenvalue weighted by atomic mass is 32.2. The van der Waals surface area contributed by atoms with Gasteiger partial charge in [0.1, 0.15) is 0 Å². The zero-order valence-corrected chi connectivity index (χ0v) is 26.9. The number of nitrogens with one attached hydrogen (secondary N) is 2. The third-order valence-corrected chi connectivity index (χ3v) is 9.96. The van der Waals surface area contributed by atoms with Crippen LogP contribution in [-0.4, -0.2) is 107 Å². The van der Waals surface area contributed by atoms with E-state index in [2.05, 4.69) is 31.6 Å². The second-order valence-electron chi connectivity index (χ2n) is 11.0. The first-order valence-corrected chi connectivity index (χ1v) is 17.3. The molecule has 2 fully saturated rings. The van der Waals surface area contributed by atoms with Crippen LogP contribution < -0.4 is 15.5 Å². The van der Waals surface area contributed by atoms with Crippen molar-refractivity contribution in [1.29, 1.82) is 0 Å². The molecule has 0 spiro atoms. The second-order valence-corrected chi connectivity index (χ2v) is 14.1. The Morgan fingerprint density at radius 3 is 2.38 bits per heavy atom. The maximum atomic E-state index is 12.4. The van der Waals surface area contributed by atoms with Crippen LogP contribution in [0.2, 0.25) is 0 Å². The van der Waals surface area contributed by atoms with Crippen molar-refractivity contribution >= 4 is 39.0 Å². The standard InChI is InChI=1S/C29H36N10O4S2/c1-36-19-21(18-31-36)17-30-29(40)32-23-5-3-22(4-6-23)26-33-27(35-28(34-26)38-13-15-43-16-14-38)25-8-7-24(44-25)20-37-9-11-39(12-10-37)45(2,41)42/h3-8,18-19H,9-17,20H2,1-2H3,(H2,30,32,40). The smallest absolute Gasteiger partial charge is 0.319 e. The van der Waals surface area contributed by atoms with Crippen molar-refractivity contribution in [2.75, 3.05) is 69.0 Å². The molecule has 2 amide bonds. The molecule has 2 aliphatic heterocycles. The number of carbonyl (C=O) groups excluding carboxylic acids is 1. The number of carbonyl (C=O) groups is 1. The number of benzene rings is 1. The van der Waals surface area contributed by atoms with Gasteiger partial charge in [-0.1, -0.05) is 0 Å². The molecular weight excluding hydrogens is 617 g/mol. The third kappa shape index (κ3) is 8.01. The maximum Gasteiger partial charge on any atom is 0.319 e. The number of hydrogen-bond acceptors (Lipinski definition) is 11. The molecule has 0 radical (unpaired) electrons. The number of aromatic nitrogens is 5. The summed E-state index contributed by atoms with van der Waals surface area (Å²) in [5.74, 6) is 1.74. The van der Waals surface area contributed by atoms with Crippen molar-refractivity contribution in [1.82, 2.24) is 39.3 Å². The zero-order valence-electron chi connectivity index (χ0n) is 25.2. The lowest BCUT2D eigenvalue weighted by Gasteiger charge is -2.32. The van der Waals surface area contributed by atoms with Crippen molar-refractivity contribution in [3.63, 3.8) is 0 Å². The molecule has 4 aromatic rings. The molecule has 5 heterocycles. The number of nitrogens with zero attached hydrogens (tertiary/aromatic N) is 8. The van der Waals surface area contributed by atoms with Crippen LogP contribution in [0.5, 0.6) is 0 Å². The quantitative estimate of drug-likeness (QED) is 0.276. The van der Waals surface area contributed by atoms with Gasteiger partial charge in [0.05, 0.1) is 30.5 Å². The Kier molecular flexibility index (Phi) is 9.37. The lowest BCUT2D eigenvalue weighted by atomic mass is 10.2. The molecule has 2 aliphatic rings. The number of urea groups is 1. The van der Waals surface area contributed by atoms with Gasteiger partial charge in [0.25, 0.3) is 0 Å². The molecule has 238 valence electrons. The molecule has 16 heteroatoms. The molecule has 6 rings (SSSR count). The molecule has 1 aromatic carbocycles. The highest BCUT2D eigenvalue weighted by Crippen LogP contribution is 2.30. The number of morpholine rings is 1. The Morgan fingerprint density at radius 1 is 0.956 bits per heavy atom. The molecule has 0 bridgehead atoms. The fourth-order valence-corrected chi connectivity index (χ4v) is 6.97. The van der Waals surface area contributed by atoms with Gasteiger partial charge in [-0.25, -0.2) is 18.2 Å². The van der Waals surface area contributed by atoms with Crippen LogP contribution >= 0.6 is 11.3 Å². The van der Waals surface area contributed by atoms with Gasteiger partial charge in [-0.15, -0.1) is 11.3 Å². The van der Waals surface area contributed by atoms with E-state index in [1.54, 1.807) is 22.2 Å². The van der Waals surface area contributed by atoms with E-state index in [9.17, 15) is 13.2 Å². The van der Waals surface area contributed by atoms with Crippen LogP contribution in [0.15, 0.2) is 48.8 Å². The number of hydrogen-bond donors (Lipinski definition) is 2. The predicted octanol–water partition coefficient (Wildman–Crippen LogP) is 2.24. The summed E-state index contributed by atoms with van der Waals surface area (Å²) in [5, 5.41) is 9.80. The summed E-state index contributed by atoms with van der Waals surface area (Å²) in [6.45, 7) is 6.08. The van der Waals surface area contributed by atoms with Crippen LogP contribution in [0, 0.1) is 0 Å². The number of anilines is 2. The highest BCUT2D eigenvalue weighted by Gasteiger charge is 2.24. The molecule has 0 saturated carbocycles. The SMILES string of the molecule is Cn1cc(CNC(=O)Nc2ccc(-c3nc(-c4ccc(CN5CCN(S(C)(=O)=O)CC5)s4)nc(N4CCOCC4)n3)cc2)cn1. The molecule has 0 atom stereocenters. The molecule has 2 saturated heterocycles. The van der Waals surface area contributed by atoms with E-state index in [1.165, 1.54) is 10.6 Å². The lowest BCUT2D eigenvalue weighted by Crippen LogP contribution is -2.47. The van der Waals surface area contributed by atoms with E-state index in [0.29, 0.717) is 82.3 Å². The molecule has 14 nitrogen and oxygen atoms in total. The fourth-order valence-electron chi connectivity index (χ4n) is 5.15. The van der Waals surface area contributed by atoms with Gasteiger partial charge in [0, 0.05) is 87.3 Å². The molecular formula is C29H36N10O4S2. The van der Waals surface area contributed by atoms with E-state index in [1.807, 2.05) is 43.6 Å². The topological polar surface area (TPSA) is 151 Å². The van der Waals surface area contributed by atoms with Crippen molar-refractivity contribution in [2.24, 2.45) is 7.05 Å². The Hall–Kier alpha value is -3.96. The van der Waals surface area contributed by atoms with Crippen LogP contribution in [0.1, 0.15) is 10.4 Å². The van der Waals surface area contributed by atoms with Crippen LogP contribution in [0.4, 0.5) is 16.4 Å². The van der Waals surface area contributed by atoms with Crippen molar-refractivity contribution in [3.05, 3.63) is 59.2 Å². The Balaban J connectivity index is 1.16. The predicted molar refractivity (Wildman–Crippen MR) is 172 cm³/mol. The minimum atomic E-state index is -3.16. The van der Waals surface area contributed by atoms with Gasteiger partial charge in [-0.2, -0.15) is 19.4 Å². The van der Waals surface area contributed by atoms with E-state index in [0.717, 1.165) is 27.4 Å². The third-order valence-electron chi connectivity index (χ3n) is 7.59. The highest BCUT2D eigenvalue weighted by molar-refractivity contribution is 7.88. The first-order valence-electron chi connectivity index (χ1n) is 14.7. The number of rotatable bonds is 9. The first kappa shape index (κ1) is 31.0. The van der Waals surface area contributed by atoms with E-state index >= 15 is 0 Å². The zero-order chi connectivity index (χ0) is 31.4. The van der Waals surface area contributed by atoms with Gasteiger partial charge >= 0.3 is 6.03 Å². The first-order chi connectivity index (χ1) is 21.7. The number of sulfonamides is 1. The molecule has 3 aromatic heterocycles. The summed E-state index contributed by atoms with van der Waals surface area (Å²) in [6.07, 6.45) is 4.83. The normalized spacial score (nSPS) is 16.5. The number of aryl methyl sites for hydroxylation is 1. The van der Waals surface area contributed by atoms with E-state index in [4.69, 9.17) is 19.7 Å². The molecule has 2 N–H and O–H groups in total. The fraction of sp³-hybridized carbons (Fsp3) is 0.414. The van der Waals surface area contributed by atoms with Crippen LogP contribution in [0.25, 0.3) is 22.1 Å². The molecule has 45 heavy (non-hydrogen) atoms. The van der Waals surface area contributed by atoms with Gasteiger partial charge in [0.2, 0.25) is 16.0 Å². The number of amides is 2. The number of piperazine rings is 1. The molecule has 0 unspecified atom stereocenters. The van der Waals surface area contributed by atoms with Crippen molar-refractivity contribution < 1.29 is 17.9 Å². The van der Waals surface area contributed by atoms with Gasteiger partial charge < -0.3 is 20.3 Å². The Morgan fingerprint density at radius 2 is 1.69 bits per heavy atom. The monoisotopic (exact) mass is 652 g/mol. The average molecular weight is 653 g/mol. The largest absolute Gasteiger partial charge is 0.378 e. The summed E-state index contributed by atoms with van der Waals surface area (Å²) >= 11 is 1.63. The minimum absolute atomic E-state index is 0.311. The maximum absolute atomic E-state index is 12.4. The van der Waals surface area contributed by atoms with Crippen LogP contribution in [0.3, 0.4) is 0 Å². The van der Waals surface area contributed by atoms with Crippen LogP contribution in [-0.2, 0) is 34.9 Å².